The van der Waals surface area contributed by atoms with Gasteiger partial charge < -0.3 is 0 Å². The fraction of sp³-hybridized carbons (Fsp3) is 0.625. The Hall–Kier alpha value is -0.590. The van der Waals surface area contributed by atoms with E-state index in [0.29, 0.717) is 5.78 Å². The van der Waals surface area contributed by atoms with Gasteiger partial charge in [0.1, 0.15) is 5.78 Å². The predicted octanol–water partition coefficient (Wildman–Crippen LogP) is 2.08. The highest BCUT2D eigenvalue weighted by molar-refractivity contribution is 5.81. The number of rotatable bonds is 0. The number of carbonyl (C=O) groups is 1. The van der Waals surface area contributed by atoms with Crippen LogP contribution < -0.4 is 0 Å². The molecule has 1 aliphatic carbocycles. The van der Waals surface area contributed by atoms with Crippen molar-refractivity contribution in [3.05, 3.63) is 11.6 Å². The minimum absolute atomic E-state index is 0.411. The molecule has 1 fully saturated rings. The van der Waals surface area contributed by atoms with E-state index in [-0.39, 0.29) is 0 Å². The Morgan fingerprint density at radius 1 is 1.44 bits per heavy atom. The van der Waals surface area contributed by atoms with Gasteiger partial charge in [-0.15, -0.1) is 0 Å². The van der Waals surface area contributed by atoms with Crippen molar-refractivity contribution in [2.24, 2.45) is 0 Å². The maximum atomic E-state index is 10.8. The van der Waals surface area contributed by atoms with Crippen molar-refractivity contribution in [1.29, 1.82) is 0 Å². The molecule has 0 aromatic heterocycles. The molecule has 1 rings (SSSR count). The van der Waals surface area contributed by atoms with E-state index in [9.17, 15) is 4.79 Å². The summed E-state index contributed by atoms with van der Waals surface area (Å²) in [6.07, 6.45) is 5.80. The summed E-state index contributed by atoms with van der Waals surface area (Å²) in [5, 5.41) is 0. The molecule has 0 atom stereocenters. The highest BCUT2D eigenvalue weighted by atomic mass is 16.1. The SMILES string of the molecule is C/C=C1/CCCC(=O)C1. The van der Waals surface area contributed by atoms with E-state index in [0.717, 1.165) is 25.7 Å². The quantitative estimate of drug-likeness (QED) is 0.452. The lowest BCUT2D eigenvalue weighted by Gasteiger charge is -2.11. The van der Waals surface area contributed by atoms with Crippen LogP contribution in [0.4, 0.5) is 0 Å². The summed E-state index contributed by atoms with van der Waals surface area (Å²) >= 11 is 0. The van der Waals surface area contributed by atoms with E-state index in [2.05, 4.69) is 6.08 Å². The molecule has 0 amide bonds. The van der Waals surface area contributed by atoms with Crippen LogP contribution in [-0.4, -0.2) is 5.78 Å². The molecule has 1 aliphatic rings. The molecule has 0 aliphatic heterocycles. The van der Waals surface area contributed by atoms with E-state index in [1.54, 1.807) is 0 Å². The van der Waals surface area contributed by atoms with E-state index in [1.165, 1.54) is 5.57 Å². The molecule has 0 spiro atoms. The zero-order valence-corrected chi connectivity index (χ0v) is 5.81. The van der Waals surface area contributed by atoms with Gasteiger partial charge in [-0.1, -0.05) is 11.6 Å². The summed E-state index contributed by atoms with van der Waals surface area (Å²) in [7, 11) is 0. The number of Topliss-reactive ketones (excluding diaryl/α,β-unsaturated/α-hetero) is 1. The van der Waals surface area contributed by atoms with Gasteiger partial charge in [0.15, 0.2) is 0 Å². The molecule has 0 radical (unpaired) electrons. The van der Waals surface area contributed by atoms with Gasteiger partial charge in [-0.3, -0.25) is 4.79 Å². The van der Waals surface area contributed by atoms with Crippen LogP contribution in [0.3, 0.4) is 0 Å². The number of ketones is 1. The van der Waals surface area contributed by atoms with Crippen molar-refractivity contribution < 1.29 is 4.79 Å². The van der Waals surface area contributed by atoms with Crippen molar-refractivity contribution in [2.75, 3.05) is 0 Å². The van der Waals surface area contributed by atoms with Crippen molar-refractivity contribution in [3.8, 4) is 0 Å². The van der Waals surface area contributed by atoms with Gasteiger partial charge >= 0.3 is 0 Å². The second-order valence-electron chi connectivity index (χ2n) is 2.52. The first-order chi connectivity index (χ1) is 4.33. The van der Waals surface area contributed by atoms with Crippen LogP contribution in [0.5, 0.6) is 0 Å². The number of allylic oxidation sites excluding steroid dienone is 2. The fourth-order valence-corrected chi connectivity index (χ4v) is 1.19. The Balaban J connectivity index is 2.51. The number of hydrogen-bond donors (Lipinski definition) is 0. The van der Waals surface area contributed by atoms with Crippen LogP contribution in [-0.2, 0) is 4.79 Å². The Kier molecular flexibility index (Phi) is 2.04. The maximum Gasteiger partial charge on any atom is 0.136 e. The first kappa shape index (κ1) is 6.53. The van der Waals surface area contributed by atoms with Crippen molar-refractivity contribution >= 4 is 5.78 Å². The fourth-order valence-electron chi connectivity index (χ4n) is 1.19. The second kappa shape index (κ2) is 2.81. The third kappa shape index (κ3) is 1.67. The smallest absolute Gasteiger partial charge is 0.136 e. The minimum Gasteiger partial charge on any atom is -0.299 e. The Labute approximate surface area is 55.8 Å². The van der Waals surface area contributed by atoms with Gasteiger partial charge in [-0.25, -0.2) is 0 Å². The summed E-state index contributed by atoms with van der Waals surface area (Å²) in [6, 6.07) is 0. The Morgan fingerprint density at radius 3 is 2.67 bits per heavy atom. The van der Waals surface area contributed by atoms with Gasteiger partial charge in [0.05, 0.1) is 0 Å². The van der Waals surface area contributed by atoms with Gasteiger partial charge in [0.25, 0.3) is 0 Å². The summed E-state index contributed by atoms with van der Waals surface area (Å²) in [5.41, 5.74) is 1.33. The topological polar surface area (TPSA) is 17.1 Å². The highest BCUT2D eigenvalue weighted by Crippen LogP contribution is 2.19. The Bertz CT molecular complexity index is 145. The third-order valence-corrected chi connectivity index (χ3v) is 1.79. The van der Waals surface area contributed by atoms with Gasteiger partial charge in [0, 0.05) is 12.8 Å². The zero-order valence-electron chi connectivity index (χ0n) is 5.81. The molecule has 1 nitrogen and oxygen atoms in total. The van der Waals surface area contributed by atoms with Crippen molar-refractivity contribution in [3.63, 3.8) is 0 Å². The van der Waals surface area contributed by atoms with Gasteiger partial charge in [-0.05, 0) is 19.8 Å². The largest absolute Gasteiger partial charge is 0.299 e. The number of hydrogen-bond acceptors (Lipinski definition) is 1. The van der Waals surface area contributed by atoms with E-state index in [4.69, 9.17) is 0 Å². The van der Waals surface area contributed by atoms with Crippen LogP contribution in [0.2, 0.25) is 0 Å². The summed E-state index contributed by atoms with van der Waals surface area (Å²) in [6.45, 7) is 2.01. The van der Waals surface area contributed by atoms with Crippen LogP contribution in [0, 0.1) is 0 Å². The predicted molar refractivity (Wildman–Crippen MR) is 37.2 cm³/mol. The van der Waals surface area contributed by atoms with Crippen LogP contribution in [0.25, 0.3) is 0 Å². The molecule has 0 saturated heterocycles. The summed E-state index contributed by atoms with van der Waals surface area (Å²) in [5.74, 6) is 0.411. The third-order valence-electron chi connectivity index (χ3n) is 1.79. The molecule has 0 heterocycles. The molecule has 0 bridgehead atoms. The second-order valence-corrected chi connectivity index (χ2v) is 2.52. The molecule has 1 saturated carbocycles. The molecule has 9 heavy (non-hydrogen) atoms. The molecule has 0 aromatic rings. The zero-order chi connectivity index (χ0) is 6.69. The summed E-state index contributed by atoms with van der Waals surface area (Å²) < 4.78 is 0. The monoisotopic (exact) mass is 124 g/mol. The normalized spacial score (nSPS) is 25.0. The molecule has 0 unspecified atom stereocenters. The highest BCUT2D eigenvalue weighted by Gasteiger charge is 2.10. The minimum atomic E-state index is 0.411. The van der Waals surface area contributed by atoms with E-state index in [1.807, 2.05) is 6.92 Å². The van der Waals surface area contributed by atoms with E-state index < -0.39 is 0 Å². The van der Waals surface area contributed by atoms with Crippen LogP contribution in [0.1, 0.15) is 32.6 Å². The molecule has 0 aromatic carbocycles. The van der Waals surface area contributed by atoms with E-state index >= 15 is 0 Å². The first-order valence-corrected chi connectivity index (χ1v) is 3.48. The molecular formula is C8H12O. The lowest BCUT2D eigenvalue weighted by atomic mass is 9.94. The first-order valence-electron chi connectivity index (χ1n) is 3.48. The average molecular weight is 124 g/mol. The summed E-state index contributed by atoms with van der Waals surface area (Å²) in [4.78, 5) is 10.8. The molecule has 0 N–H and O–H groups in total. The molecule has 50 valence electrons. The van der Waals surface area contributed by atoms with Gasteiger partial charge in [0.2, 0.25) is 0 Å². The van der Waals surface area contributed by atoms with Gasteiger partial charge in [-0.2, -0.15) is 0 Å². The van der Waals surface area contributed by atoms with Crippen molar-refractivity contribution in [2.45, 2.75) is 32.6 Å². The lowest BCUT2D eigenvalue weighted by Crippen LogP contribution is -2.05. The van der Waals surface area contributed by atoms with Crippen molar-refractivity contribution in [1.82, 2.24) is 0 Å². The maximum absolute atomic E-state index is 10.8. The Morgan fingerprint density at radius 2 is 2.22 bits per heavy atom. The molecule has 1 heteroatoms. The molecular weight excluding hydrogens is 112 g/mol. The standard InChI is InChI=1S/C8H12O/c1-2-7-4-3-5-8(9)6-7/h2H,3-6H2,1H3/b7-2-. The number of carbonyl (C=O) groups excluding carboxylic acids is 1. The van der Waals surface area contributed by atoms with Crippen LogP contribution in [0.15, 0.2) is 11.6 Å². The average Bonchev–Trinajstić information content (AvgIpc) is 1.88. The lowest BCUT2D eigenvalue weighted by molar-refractivity contribution is -0.119. The van der Waals surface area contributed by atoms with Crippen LogP contribution >= 0.6 is 0 Å².